The predicted octanol–water partition coefficient (Wildman–Crippen LogP) is 4.62. The molecule has 1 aromatic rings. The van der Waals surface area contributed by atoms with Crippen molar-refractivity contribution in [2.24, 2.45) is 5.92 Å². The Morgan fingerprint density at radius 2 is 1.95 bits per heavy atom. The molecule has 1 amide bonds. The van der Waals surface area contributed by atoms with Gasteiger partial charge >= 0.3 is 0 Å². The highest BCUT2D eigenvalue weighted by Gasteiger charge is 2.19. The lowest BCUT2D eigenvalue weighted by atomic mass is 9.87. The van der Waals surface area contributed by atoms with Crippen LogP contribution in [0.5, 0.6) is 0 Å². The summed E-state index contributed by atoms with van der Waals surface area (Å²) in [7, 11) is 0. The summed E-state index contributed by atoms with van der Waals surface area (Å²) in [5, 5.41) is 4.24. The van der Waals surface area contributed by atoms with Crippen LogP contribution in [0.15, 0.2) is 18.2 Å². The number of nitrogens with one attached hydrogen (secondary N) is 1. The zero-order valence-corrected chi connectivity index (χ0v) is 13.3. The first-order chi connectivity index (χ1) is 9.56. The van der Waals surface area contributed by atoms with Gasteiger partial charge in [-0.3, -0.25) is 4.79 Å². The van der Waals surface area contributed by atoms with Crippen molar-refractivity contribution in [3.05, 3.63) is 33.8 Å². The number of carbonyl (C=O) groups excluding carboxylic acids is 1. The highest BCUT2D eigenvalue weighted by molar-refractivity contribution is 6.42. The molecule has 0 radical (unpaired) electrons. The summed E-state index contributed by atoms with van der Waals surface area (Å²) < 4.78 is 0. The molecule has 0 saturated heterocycles. The maximum atomic E-state index is 12.0. The Balaban J connectivity index is 1.79. The van der Waals surface area contributed by atoms with Crippen LogP contribution in [0.25, 0.3) is 0 Å². The number of amides is 1. The summed E-state index contributed by atoms with van der Waals surface area (Å²) in [5.74, 6) is 0.911. The Hall–Kier alpha value is -0.730. The number of hydrogen-bond acceptors (Lipinski definition) is 1. The number of carbonyl (C=O) groups is 1. The van der Waals surface area contributed by atoms with Gasteiger partial charge in [0.2, 0.25) is 5.91 Å². The van der Waals surface area contributed by atoms with Gasteiger partial charge in [-0.1, -0.05) is 42.3 Å². The van der Waals surface area contributed by atoms with Crippen LogP contribution in [0.1, 0.15) is 44.6 Å². The van der Waals surface area contributed by atoms with Gasteiger partial charge in [0.25, 0.3) is 0 Å². The van der Waals surface area contributed by atoms with E-state index in [1.165, 1.54) is 12.8 Å². The number of rotatable bonds is 4. The molecule has 0 spiro atoms. The molecule has 0 unspecified atom stereocenters. The molecule has 1 saturated carbocycles. The summed E-state index contributed by atoms with van der Waals surface area (Å²) in [6.07, 6.45) is 5.73. The minimum Gasteiger partial charge on any atom is -0.353 e. The second kappa shape index (κ2) is 7.33. The van der Waals surface area contributed by atoms with Crippen LogP contribution in [0.4, 0.5) is 0 Å². The molecule has 2 rings (SSSR count). The standard InChI is InChI=1S/C16H21Cl2NO/c1-11-5-8-13(9-6-11)19-15(20)10-7-12-3-2-4-14(17)16(12)18/h2-4,11,13H,5-10H2,1H3,(H,19,20). The van der Waals surface area contributed by atoms with Gasteiger partial charge < -0.3 is 5.32 Å². The van der Waals surface area contributed by atoms with Crippen molar-refractivity contribution in [2.45, 2.75) is 51.5 Å². The van der Waals surface area contributed by atoms with Crippen LogP contribution < -0.4 is 5.32 Å². The normalized spacial score (nSPS) is 22.6. The van der Waals surface area contributed by atoms with Crippen molar-refractivity contribution < 1.29 is 4.79 Å². The smallest absolute Gasteiger partial charge is 0.220 e. The first kappa shape index (κ1) is 15.7. The van der Waals surface area contributed by atoms with Crippen molar-refractivity contribution in [3.63, 3.8) is 0 Å². The van der Waals surface area contributed by atoms with Crippen LogP contribution in [0.3, 0.4) is 0 Å². The lowest BCUT2D eigenvalue weighted by Gasteiger charge is -2.26. The molecule has 0 heterocycles. The number of benzene rings is 1. The van der Waals surface area contributed by atoms with Gasteiger partial charge in [0.15, 0.2) is 0 Å². The summed E-state index contributed by atoms with van der Waals surface area (Å²) in [6, 6.07) is 5.90. The minimum atomic E-state index is 0.112. The van der Waals surface area contributed by atoms with E-state index in [9.17, 15) is 4.79 Å². The molecular formula is C16H21Cl2NO. The zero-order chi connectivity index (χ0) is 14.5. The van der Waals surface area contributed by atoms with E-state index in [0.29, 0.717) is 28.9 Å². The fourth-order valence-electron chi connectivity index (χ4n) is 2.69. The molecule has 0 atom stereocenters. The Kier molecular flexibility index (Phi) is 5.74. The summed E-state index contributed by atoms with van der Waals surface area (Å²) in [5.41, 5.74) is 0.937. The van der Waals surface area contributed by atoms with E-state index < -0.39 is 0 Å². The fourth-order valence-corrected chi connectivity index (χ4v) is 3.11. The van der Waals surface area contributed by atoms with Crippen molar-refractivity contribution in [1.82, 2.24) is 5.32 Å². The van der Waals surface area contributed by atoms with Crippen molar-refractivity contribution in [1.29, 1.82) is 0 Å². The van der Waals surface area contributed by atoms with Crippen LogP contribution in [-0.4, -0.2) is 11.9 Å². The zero-order valence-electron chi connectivity index (χ0n) is 11.8. The summed E-state index contributed by atoms with van der Waals surface area (Å²) >= 11 is 12.1. The van der Waals surface area contributed by atoms with E-state index in [1.54, 1.807) is 6.07 Å². The fraction of sp³-hybridized carbons (Fsp3) is 0.562. The topological polar surface area (TPSA) is 29.1 Å². The molecule has 2 nitrogen and oxygen atoms in total. The largest absolute Gasteiger partial charge is 0.353 e. The lowest BCUT2D eigenvalue weighted by Crippen LogP contribution is -2.37. The Morgan fingerprint density at radius 1 is 1.25 bits per heavy atom. The molecule has 1 aliphatic rings. The molecule has 1 aliphatic carbocycles. The quantitative estimate of drug-likeness (QED) is 0.863. The van der Waals surface area contributed by atoms with Gasteiger partial charge in [-0.05, 0) is 49.7 Å². The van der Waals surface area contributed by atoms with Crippen LogP contribution >= 0.6 is 23.2 Å². The molecule has 1 N–H and O–H groups in total. The highest BCUT2D eigenvalue weighted by atomic mass is 35.5. The summed E-state index contributed by atoms with van der Waals surface area (Å²) in [6.45, 7) is 2.28. The monoisotopic (exact) mass is 313 g/mol. The maximum Gasteiger partial charge on any atom is 0.220 e. The third-order valence-corrected chi connectivity index (χ3v) is 4.89. The van der Waals surface area contributed by atoms with Gasteiger partial charge in [-0.2, -0.15) is 0 Å². The van der Waals surface area contributed by atoms with E-state index in [4.69, 9.17) is 23.2 Å². The average molecular weight is 314 g/mol. The van der Waals surface area contributed by atoms with Gasteiger partial charge in [-0.15, -0.1) is 0 Å². The Labute approximate surface area is 130 Å². The number of aryl methyl sites for hydroxylation is 1. The van der Waals surface area contributed by atoms with E-state index in [-0.39, 0.29) is 5.91 Å². The van der Waals surface area contributed by atoms with Gasteiger partial charge in [0.05, 0.1) is 10.0 Å². The van der Waals surface area contributed by atoms with E-state index in [0.717, 1.165) is 24.3 Å². The lowest BCUT2D eigenvalue weighted by molar-refractivity contribution is -0.122. The van der Waals surface area contributed by atoms with Crippen molar-refractivity contribution in [3.8, 4) is 0 Å². The SMILES string of the molecule is CC1CCC(NC(=O)CCc2cccc(Cl)c2Cl)CC1. The molecule has 0 aromatic heterocycles. The van der Waals surface area contributed by atoms with Crippen LogP contribution in [0, 0.1) is 5.92 Å². The Morgan fingerprint density at radius 3 is 2.65 bits per heavy atom. The van der Waals surface area contributed by atoms with Gasteiger partial charge in [0.1, 0.15) is 0 Å². The third-order valence-electron chi connectivity index (χ3n) is 4.03. The maximum absolute atomic E-state index is 12.0. The predicted molar refractivity (Wildman–Crippen MR) is 84.3 cm³/mol. The molecule has 4 heteroatoms. The minimum absolute atomic E-state index is 0.112. The molecule has 1 fully saturated rings. The van der Waals surface area contributed by atoms with E-state index in [1.807, 2.05) is 12.1 Å². The first-order valence-electron chi connectivity index (χ1n) is 7.28. The number of hydrogen-bond donors (Lipinski definition) is 1. The van der Waals surface area contributed by atoms with Crippen molar-refractivity contribution in [2.75, 3.05) is 0 Å². The van der Waals surface area contributed by atoms with Crippen LogP contribution in [0.2, 0.25) is 10.0 Å². The third kappa shape index (κ3) is 4.39. The van der Waals surface area contributed by atoms with E-state index in [2.05, 4.69) is 12.2 Å². The van der Waals surface area contributed by atoms with Crippen molar-refractivity contribution >= 4 is 29.1 Å². The molecule has 110 valence electrons. The highest BCUT2D eigenvalue weighted by Crippen LogP contribution is 2.26. The van der Waals surface area contributed by atoms with Gasteiger partial charge in [0, 0.05) is 12.5 Å². The second-order valence-corrected chi connectivity index (χ2v) is 6.52. The Bertz CT molecular complexity index is 468. The molecular weight excluding hydrogens is 293 g/mol. The average Bonchev–Trinajstić information content (AvgIpc) is 2.43. The first-order valence-corrected chi connectivity index (χ1v) is 8.04. The summed E-state index contributed by atoms with van der Waals surface area (Å²) in [4.78, 5) is 12.0. The van der Waals surface area contributed by atoms with E-state index >= 15 is 0 Å². The molecule has 1 aromatic carbocycles. The molecule has 0 bridgehead atoms. The molecule has 0 aliphatic heterocycles. The second-order valence-electron chi connectivity index (χ2n) is 5.74. The number of halogens is 2. The van der Waals surface area contributed by atoms with Gasteiger partial charge in [-0.25, -0.2) is 0 Å². The molecule has 20 heavy (non-hydrogen) atoms. The van der Waals surface area contributed by atoms with Crippen LogP contribution in [-0.2, 0) is 11.2 Å².